The van der Waals surface area contributed by atoms with Gasteiger partial charge in [-0.2, -0.15) is 18.0 Å². The second kappa shape index (κ2) is 6.12. The first-order valence-electron chi connectivity index (χ1n) is 8.10. The van der Waals surface area contributed by atoms with Gasteiger partial charge >= 0.3 is 10.2 Å². The van der Waals surface area contributed by atoms with E-state index >= 15 is 0 Å². The lowest BCUT2D eigenvalue weighted by Gasteiger charge is -2.34. The van der Waals surface area contributed by atoms with E-state index in [0.29, 0.717) is 18.7 Å². The second-order valence-corrected chi connectivity index (χ2v) is 7.94. The summed E-state index contributed by atoms with van der Waals surface area (Å²) in [7, 11) is -3.63. The number of nitriles is 1. The quantitative estimate of drug-likeness (QED) is 0.672. The van der Waals surface area contributed by atoms with Crippen molar-refractivity contribution in [2.75, 3.05) is 13.1 Å². The molecule has 1 aliphatic rings. The Bertz CT molecular complexity index is 1130. The van der Waals surface area contributed by atoms with Crippen molar-refractivity contribution in [2.24, 2.45) is 5.92 Å². The normalized spacial score (nSPS) is 15.8. The van der Waals surface area contributed by atoms with Crippen LogP contribution in [0.15, 0.2) is 37.1 Å². The molecule has 0 spiro atoms. The molecule has 1 saturated heterocycles. The van der Waals surface area contributed by atoms with Gasteiger partial charge in [0.2, 0.25) is 0 Å². The average molecular weight is 371 g/mol. The fraction of sp³-hybridized carbons (Fsp3) is 0.312. The van der Waals surface area contributed by atoms with Gasteiger partial charge in [-0.05, 0) is 6.07 Å². The van der Waals surface area contributed by atoms with Crippen LogP contribution in [-0.2, 0) is 16.8 Å². The molecular weight excluding hydrogens is 354 g/mol. The second-order valence-electron chi connectivity index (χ2n) is 6.27. The Balaban J connectivity index is 1.44. The largest absolute Gasteiger partial charge is 0.346 e. The third-order valence-corrected chi connectivity index (χ3v) is 5.99. The van der Waals surface area contributed by atoms with Gasteiger partial charge in [0.25, 0.3) is 0 Å². The first kappa shape index (κ1) is 16.6. The smallest absolute Gasteiger partial charge is 0.301 e. The number of nitrogens with one attached hydrogen (secondary N) is 2. The number of imidazole rings is 1. The minimum atomic E-state index is -3.63. The lowest BCUT2D eigenvalue weighted by atomic mass is 10.1. The lowest BCUT2D eigenvalue weighted by molar-refractivity contribution is 0.246. The highest BCUT2D eigenvalue weighted by Crippen LogP contribution is 2.23. The minimum Gasteiger partial charge on any atom is -0.346 e. The SMILES string of the molecule is C=C(CCn1cnc2cnc3[nH]ccc3c21)NS(=O)(=O)N1CC(C#N)C1. The van der Waals surface area contributed by atoms with Gasteiger partial charge in [0.1, 0.15) is 11.2 Å². The van der Waals surface area contributed by atoms with Crippen molar-refractivity contribution in [3.05, 3.63) is 37.1 Å². The third kappa shape index (κ3) is 2.81. The van der Waals surface area contributed by atoms with Gasteiger partial charge in [-0.25, -0.2) is 9.97 Å². The molecule has 0 amide bonds. The van der Waals surface area contributed by atoms with Crippen molar-refractivity contribution in [1.29, 1.82) is 5.26 Å². The Labute approximate surface area is 150 Å². The summed E-state index contributed by atoms with van der Waals surface area (Å²) in [6, 6.07) is 4.00. The molecule has 0 bridgehead atoms. The molecule has 1 aliphatic heterocycles. The van der Waals surface area contributed by atoms with E-state index in [1.165, 1.54) is 4.31 Å². The number of pyridine rings is 1. The summed E-state index contributed by atoms with van der Waals surface area (Å²) in [5.74, 6) is -0.227. The van der Waals surface area contributed by atoms with Crippen LogP contribution < -0.4 is 4.72 Å². The van der Waals surface area contributed by atoms with Gasteiger partial charge in [-0.15, -0.1) is 0 Å². The predicted molar refractivity (Wildman–Crippen MR) is 95.9 cm³/mol. The summed E-state index contributed by atoms with van der Waals surface area (Å²) in [5.41, 5.74) is 2.91. The Morgan fingerprint density at radius 1 is 1.46 bits per heavy atom. The van der Waals surface area contributed by atoms with Gasteiger partial charge < -0.3 is 9.55 Å². The number of allylic oxidation sites excluding steroid dienone is 1. The summed E-state index contributed by atoms with van der Waals surface area (Å²) in [6.45, 7) is 4.80. The maximum Gasteiger partial charge on any atom is 0.301 e. The van der Waals surface area contributed by atoms with E-state index in [1.807, 2.05) is 16.8 Å². The first-order valence-corrected chi connectivity index (χ1v) is 9.54. The molecule has 0 atom stereocenters. The Morgan fingerprint density at radius 2 is 2.27 bits per heavy atom. The number of aryl methyl sites for hydroxylation is 1. The van der Waals surface area contributed by atoms with Crippen LogP contribution in [0.3, 0.4) is 0 Å². The summed E-state index contributed by atoms with van der Waals surface area (Å²) in [6.07, 6.45) is 5.67. The van der Waals surface area contributed by atoms with E-state index in [0.717, 1.165) is 22.1 Å². The first-order chi connectivity index (χ1) is 12.5. The molecule has 10 heteroatoms. The molecule has 4 rings (SSSR count). The van der Waals surface area contributed by atoms with E-state index in [2.05, 4.69) is 32.3 Å². The zero-order valence-electron chi connectivity index (χ0n) is 13.9. The van der Waals surface area contributed by atoms with E-state index < -0.39 is 10.2 Å². The Hall–Kier alpha value is -2.90. The van der Waals surface area contributed by atoms with Crippen molar-refractivity contribution in [3.8, 4) is 6.07 Å². The topological polar surface area (TPSA) is 120 Å². The molecule has 26 heavy (non-hydrogen) atoms. The highest BCUT2D eigenvalue weighted by atomic mass is 32.2. The summed E-state index contributed by atoms with van der Waals surface area (Å²) >= 11 is 0. The summed E-state index contributed by atoms with van der Waals surface area (Å²) < 4.78 is 30.1. The van der Waals surface area contributed by atoms with Crippen molar-refractivity contribution >= 4 is 32.3 Å². The number of H-pyrrole nitrogens is 1. The molecule has 0 aromatic carbocycles. The van der Waals surface area contributed by atoms with Crippen LogP contribution in [0.1, 0.15) is 6.42 Å². The Kier molecular flexibility index (Phi) is 3.90. The van der Waals surface area contributed by atoms with E-state index in [1.54, 1.807) is 12.5 Å². The number of aromatic nitrogens is 4. The fourth-order valence-electron chi connectivity index (χ4n) is 3.01. The van der Waals surface area contributed by atoms with Crippen LogP contribution in [0.4, 0.5) is 0 Å². The molecule has 3 aromatic heterocycles. The van der Waals surface area contributed by atoms with Gasteiger partial charge in [-0.1, -0.05) is 6.58 Å². The number of hydrogen-bond acceptors (Lipinski definition) is 5. The van der Waals surface area contributed by atoms with Crippen molar-refractivity contribution in [2.45, 2.75) is 13.0 Å². The van der Waals surface area contributed by atoms with Crippen molar-refractivity contribution in [1.82, 2.24) is 28.5 Å². The van der Waals surface area contributed by atoms with Crippen LogP contribution >= 0.6 is 0 Å². The van der Waals surface area contributed by atoms with Crippen LogP contribution in [0.2, 0.25) is 0 Å². The molecule has 0 saturated carbocycles. The molecule has 0 unspecified atom stereocenters. The number of fused-ring (bicyclic) bond motifs is 3. The maximum absolute atomic E-state index is 12.2. The molecule has 1 fully saturated rings. The zero-order valence-corrected chi connectivity index (χ0v) is 14.7. The maximum atomic E-state index is 12.2. The number of aromatic amines is 1. The minimum absolute atomic E-state index is 0.226. The molecule has 0 aliphatic carbocycles. The molecule has 3 aromatic rings. The molecule has 2 N–H and O–H groups in total. The van der Waals surface area contributed by atoms with E-state index in [4.69, 9.17) is 5.26 Å². The van der Waals surface area contributed by atoms with Crippen LogP contribution in [-0.4, -0.2) is 45.3 Å². The standard InChI is InChI=1S/C16H17N7O2S/c1-11(21-26(24,25)23-8-12(6-17)9-23)3-5-22-10-20-14-7-19-16-13(15(14)22)2-4-18-16/h2,4,7,10,12,21H,1,3,5,8-9H2,(H,18,19). The van der Waals surface area contributed by atoms with Crippen molar-refractivity contribution < 1.29 is 8.42 Å². The van der Waals surface area contributed by atoms with Crippen LogP contribution in [0.25, 0.3) is 22.1 Å². The van der Waals surface area contributed by atoms with E-state index in [9.17, 15) is 8.42 Å². The van der Waals surface area contributed by atoms with Crippen molar-refractivity contribution in [3.63, 3.8) is 0 Å². The summed E-state index contributed by atoms with van der Waals surface area (Å²) in [5, 5.41) is 9.73. The van der Waals surface area contributed by atoms with Gasteiger partial charge in [0.15, 0.2) is 0 Å². The highest BCUT2D eigenvalue weighted by molar-refractivity contribution is 7.87. The molecule has 134 valence electrons. The van der Waals surface area contributed by atoms with Crippen LogP contribution in [0, 0.1) is 17.2 Å². The van der Waals surface area contributed by atoms with Gasteiger partial charge in [0, 0.05) is 43.3 Å². The molecule has 9 nitrogen and oxygen atoms in total. The molecule has 4 heterocycles. The molecular formula is C16H17N7O2S. The highest BCUT2D eigenvalue weighted by Gasteiger charge is 2.35. The fourth-order valence-corrected chi connectivity index (χ4v) is 4.36. The average Bonchev–Trinajstić information content (AvgIpc) is 3.17. The number of rotatable bonds is 6. The summed E-state index contributed by atoms with van der Waals surface area (Å²) in [4.78, 5) is 11.7. The molecule has 0 radical (unpaired) electrons. The number of hydrogen-bond donors (Lipinski definition) is 2. The zero-order chi connectivity index (χ0) is 18.3. The predicted octanol–water partition coefficient (Wildman–Crippen LogP) is 1.11. The monoisotopic (exact) mass is 371 g/mol. The Morgan fingerprint density at radius 3 is 3.04 bits per heavy atom. The van der Waals surface area contributed by atoms with Crippen LogP contribution in [0.5, 0.6) is 0 Å². The number of nitrogens with zero attached hydrogens (tertiary/aromatic N) is 5. The third-order valence-electron chi connectivity index (χ3n) is 4.46. The van der Waals surface area contributed by atoms with Gasteiger partial charge in [0.05, 0.1) is 30.0 Å². The lowest BCUT2D eigenvalue weighted by Crippen LogP contribution is -2.53. The van der Waals surface area contributed by atoms with E-state index in [-0.39, 0.29) is 19.0 Å². The van der Waals surface area contributed by atoms with Gasteiger partial charge in [-0.3, -0.25) is 4.72 Å².